The molecular weight excluding hydrogens is 391 g/mol. The lowest BCUT2D eigenvalue weighted by atomic mass is 9.77. The second-order valence-electron chi connectivity index (χ2n) is 9.41. The fraction of sp³-hybridized carbons (Fsp3) is 0.419. The molecule has 1 heteroatoms. The van der Waals surface area contributed by atoms with E-state index in [4.69, 9.17) is 0 Å². The quantitative estimate of drug-likeness (QED) is 0.273. The normalized spacial score (nSPS) is 18.3. The summed E-state index contributed by atoms with van der Waals surface area (Å²) in [4.78, 5) is 0. The summed E-state index contributed by atoms with van der Waals surface area (Å²) in [6, 6.07) is 18.5. The van der Waals surface area contributed by atoms with Gasteiger partial charge in [0, 0.05) is 16.5 Å². The van der Waals surface area contributed by atoms with E-state index in [-0.39, 0.29) is 5.82 Å². The van der Waals surface area contributed by atoms with Crippen LogP contribution in [0.2, 0.25) is 0 Å². The van der Waals surface area contributed by atoms with E-state index in [0.29, 0.717) is 17.7 Å². The summed E-state index contributed by atoms with van der Waals surface area (Å²) in [6.07, 6.45) is 11.7. The molecule has 0 nitrogen and oxygen atoms in total. The fourth-order valence-corrected chi connectivity index (χ4v) is 5.14. The number of fused-ring (bicyclic) bond motifs is 1. The van der Waals surface area contributed by atoms with E-state index in [9.17, 15) is 4.39 Å². The van der Waals surface area contributed by atoms with Crippen LogP contribution in [0.4, 0.5) is 4.39 Å². The van der Waals surface area contributed by atoms with E-state index >= 15 is 0 Å². The molecule has 1 saturated carbocycles. The van der Waals surface area contributed by atoms with Crippen LogP contribution in [-0.2, 0) is 6.42 Å². The molecule has 1 aliphatic rings. The molecule has 0 radical (unpaired) electrons. The van der Waals surface area contributed by atoms with E-state index in [2.05, 4.69) is 43.0 Å². The Balaban J connectivity index is 1.39. The summed E-state index contributed by atoms with van der Waals surface area (Å²) in [6.45, 7) is 4.27. The number of halogens is 1. The van der Waals surface area contributed by atoms with Gasteiger partial charge < -0.3 is 0 Å². The van der Waals surface area contributed by atoms with Crippen LogP contribution in [0.25, 0.3) is 10.8 Å². The van der Waals surface area contributed by atoms with E-state index in [1.165, 1.54) is 56.9 Å². The smallest absolute Gasteiger partial charge is 0.134 e. The fourth-order valence-electron chi connectivity index (χ4n) is 5.14. The summed E-state index contributed by atoms with van der Waals surface area (Å²) >= 11 is 0. The van der Waals surface area contributed by atoms with Gasteiger partial charge in [-0.3, -0.25) is 0 Å². The molecule has 166 valence electrons. The Labute approximate surface area is 193 Å². The first kappa shape index (κ1) is 22.6. The largest absolute Gasteiger partial charge is 0.206 e. The Morgan fingerprint density at radius 2 is 1.53 bits per heavy atom. The highest BCUT2D eigenvalue weighted by atomic mass is 19.1. The van der Waals surface area contributed by atoms with Crippen LogP contribution in [0.1, 0.15) is 93.4 Å². The van der Waals surface area contributed by atoms with Crippen LogP contribution >= 0.6 is 0 Å². The molecule has 3 aromatic carbocycles. The first-order chi connectivity index (χ1) is 15.7. The third-order valence-corrected chi connectivity index (χ3v) is 7.21. The molecule has 32 heavy (non-hydrogen) atoms. The molecule has 0 heterocycles. The maximum atomic E-state index is 14.5. The molecule has 1 fully saturated rings. The summed E-state index contributed by atoms with van der Waals surface area (Å²) in [7, 11) is 0. The zero-order valence-electron chi connectivity index (χ0n) is 19.6. The molecule has 0 spiro atoms. The standard InChI is InChI=1S/C31H35F/c1-3-5-6-7-23-10-15-27(16-11-23)28-17-12-24(13-18-28)8-9-25-14-21-30-29(22-25)20-19-26(4-2)31(30)32/h12-14,17-23,27H,3-7,10-11,15-16H2,1-2H3. The molecule has 1 aliphatic carbocycles. The van der Waals surface area contributed by atoms with Crippen molar-refractivity contribution in [3.05, 3.63) is 82.7 Å². The zero-order valence-corrected chi connectivity index (χ0v) is 19.6. The lowest BCUT2D eigenvalue weighted by Gasteiger charge is -2.29. The summed E-state index contributed by atoms with van der Waals surface area (Å²) in [5.41, 5.74) is 4.19. The van der Waals surface area contributed by atoms with Crippen molar-refractivity contribution in [2.75, 3.05) is 0 Å². The minimum Gasteiger partial charge on any atom is -0.206 e. The predicted octanol–water partition coefficient (Wildman–Crippen LogP) is 8.80. The van der Waals surface area contributed by atoms with Crippen LogP contribution in [0.3, 0.4) is 0 Å². The zero-order chi connectivity index (χ0) is 22.3. The van der Waals surface area contributed by atoms with Gasteiger partial charge in [0.15, 0.2) is 0 Å². The summed E-state index contributed by atoms with van der Waals surface area (Å²) in [5.74, 6) is 8.10. The third kappa shape index (κ3) is 5.42. The Morgan fingerprint density at radius 1 is 0.812 bits per heavy atom. The van der Waals surface area contributed by atoms with Gasteiger partial charge in [-0.2, -0.15) is 0 Å². The number of aryl methyl sites for hydroxylation is 1. The van der Waals surface area contributed by atoms with Gasteiger partial charge in [-0.15, -0.1) is 0 Å². The average molecular weight is 427 g/mol. The van der Waals surface area contributed by atoms with Gasteiger partial charge in [0.25, 0.3) is 0 Å². The maximum Gasteiger partial charge on any atom is 0.134 e. The highest BCUT2D eigenvalue weighted by Gasteiger charge is 2.21. The molecule has 0 atom stereocenters. The molecule has 4 rings (SSSR count). The first-order valence-electron chi connectivity index (χ1n) is 12.5. The summed E-state index contributed by atoms with van der Waals surface area (Å²) < 4.78 is 14.5. The number of benzene rings is 3. The number of rotatable bonds is 6. The van der Waals surface area contributed by atoms with Gasteiger partial charge in [-0.05, 0) is 84.7 Å². The van der Waals surface area contributed by atoms with Crippen molar-refractivity contribution < 1.29 is 4.39 Å². The number of hydrogen-bond acceptors (Lipinski definition) is 0. The van der Waals surface area contributed by atoms with Crippen LogP contribution in [0.5, 0.6) is 0 Å². The van der Waals surface area contributed by atoms with Crippen LogP contribution in [0, 0.1) is 23.6 Å². The molecule has 0 aliphatic heterocycles. The highest BCUT2D eigenvalue weighted by molar-refractivity contribution is 5.85. The Hall–Kier alpha value is -2.59. The van der Waals surface area contributed by atoms with Crippen molar-refractivity contribution in [2.45, 2.75) is 77.6 Å². The van der Waals surface area contributed by atoms with E-state index in [0.717, 1.165) is 28.0 Å². The molecule has 0 amide bonds. The van der Waals surface area contributed by atoms with Gasteiger partial charge in [0.1, 0.15) is 5.82 Å². The second-order valence-corrected chi connectivity index (χ2v) is 9.41. The molecule has 0 saturated heterocycles. The molecule has 0 aromatic heterocycles. The van der Waals surface area contributed by atoms with E-state index in [1.54, 1.807) is 0 Å². The van der Waals surface area contributed by atoms with E-state index in [1.807, 2.05) is 37.3 Å². The lowest BCUT2D eigenvalue weighted by molar-refractivity contribution is 0.303. The highest BCUT2D eigenvalue weighted by Crippen LogP contribution is 2.37. The van der Waals surface area contributed by atoms with Gasteiger partial charge >= 0.3 is 0 Å². The van der Waals surface area contributed by atoms with Gasteiger partial charge in [0.2, 0.25) is 0 Å². The maximum absolute atomic E-state index is 14.5. The van der Waals surface area contributed by atoms with Crippen molar-refractivity contribution >= 4 is 10.8 Å². The van der Waals surface area contributed by atoms with Crippen LogP contribution < -0.4 is 0 Å². The van der Waals surface area contributed by atoms with Crippen LogP contribution in [-0.4, -0.2) is 0 Å². The monoisotopic (exact) mass is 426 g/mol. The molecule has 0 bridgehead atoms. The summed E-state index contributed by atoms with van der Waals surface area (Å²) in [5, 5.41) is 1.59. The SMILES string of the molecule is CCCCCC1CCC(c2ccc(C#Cc3ccc4c(F)c(CC)ccc4c3)cc2)CC1. The predicted molar refractivity (Wildman–Crippen MR) is 135 cm³/mol. The van der Waals surface area contributed by atoms with Crippen molar-refractivity contribution in [1.29, 1.82) is 0 Å². The molecule has 0 N–H and O–H groups in total. The number of unbranched alkanes of at least 4 members (excludes halogenated alkanes) is 2. The van der Waals surface area contributed by atoms with Crippen molar-refractivity contribution in [3.63, 3.8) is 0 Å². The minimum absolute atomic E-state index is 0.102. The van der Waals surface area contributed by atoms with Crippen molar-refractivity contribution in [3.8, 4) is 11.8 Å². The lowest BCUT2D eigenvalue weighted by Crippen LogP contribution is -2.13. The van der Waals surface area contributed by atoms with Crippen molar-refractivity contribution in [1.82, 2.24) is 0 Å². The first-order valence-corrected chi connectivity index (χ1v) is 12.5. The van der Waals surface area contributed by atoms with Gasteiger partial charge in [0.05, 0.1) is 0 Å². The minimum atomic E-state index is -0.102. The molecule has 0 unspecified atom stereocenters. The second kappa shape index (κ2) is 10.8. The van der Waals surface area contributed by atoms with Crippen molar-refractivity contribution in [2.24, 2.45) is 5.92 Å². The average Bonchev–Trinajstić information content (AvgIpc) is 2.84. The van der Waals surface area contributed by atoms with E-state index < -0.39 is 0 Å². The molecule has 3 aromatic rings. The van der Waals surface area contributed by atoms with Gasteiger partial charge in [-0.1, -0.05) is 81.7 Å². The number of hydrogen-bond donors (Lipinski definition) is 0. The van der Waals surface area contributed by atoms with Gasteiger partial charge in [-0.25, -0.2) is 4.39 Å². The van der Waals surface area contributed by atoms with Crippen LogP contribution in [0.15, 0.2) is 54.6 Å². The Bertz CT molecular complexity index is 1090. The third-order valence-electron chi connectivity index (χ3n) is 7.21. The Morgan fingerprint density at radius 3 is 2.25 bits per heavy atom. The topological polar surface area (TPSA) is 0 Å². The molecular formula is C31H35F. The Kier molecular flexibility index (Phi) is 7.64.